The Hall–Kier alpha value is -3.69. The number of hydrogen-bond acceptors (Lipinski definition) is 6. The van der Waals surface area contributed by atoms with E-state index in [1.165, 1.54) is 6.92 Å². The van der Waals surface area contributed by atoms with Crippen LogP contribution in [-0.2, 0) is 7.05 Å². The molecule has 0 bridgehead atoms. The van der Waals surface area contributed by atoms with Crippen molar-refractivity contribution in [1.82, 2.24) is 20.0 Å². The minimum Gasteiger partial charge on any atom is -0.353 e. The quantitative estimate of drug-likeness (QED) is 0.482. The average Bonchev–Trinajstić information content (AvgIpc) is 3.13. The number of carbonyl (C=O) groups excluding carboxylic acids is 1. The Morgan fingerprint density at radius 3 is 2.76 bits per heavy atom. The Morgan fingerprint density at radius 1 is 1.32 bits per heavy atom. The zero-order valence-corrected chi connectivity index (χ0v) is 13.5. The molecule has 0 aliphatic carbocycles. The number of rotatable bonds is 5. The van der Waals surface area contributed by atoms with Crippen molar-refractivity contribution in [3.8, 4) is 0 Å². The maximum absolute atomic E-state index is 12.3. The van der Waals surface area contributed by atoms with Gasteiger partial charge in [-0.2, -0.15) is 10.2 Å². The summed E-state index contributed by atoms with van der Waals surface area (Å²) in [5, 5.41) is 27.1. The average molecular weight is 341 g/mol. The van der Waals surface area contributed by atoms with Gasteiger partial charge in [0.2, 0.25) is 5.69 Å². The highest BCUT2D eigenvalue weighted by Gasteiger charge is 2.27. The summed E-state index contributed by atoms with van der Waals surface area (Å²) in [6.07, 6.45) is 3.47. The Morgan fingerprint density at radius 2 is 2.08 bits per heavy atom. The highest BCUT2D eigenvalue weighted by molar-refractivity contribution is 6.06. The molecule has 1 amide bonds. The largest absolute Gasteiger partial charge is 0.353 e. The Kier molecular flexibility index (Phi) is 4.16. The highest BCUT2D eigenvalue weighted by atomic mass is 16.6. The predicted molar refractivity (Wildman–Crippen MR) is 90.9 cm³/mol. The molecule has 2 aromatic heterocycles. The monoisotopic (exact) mass is 341 g/mol. The Bertz CT molecular complexity index is 944. The summed E-state index contributed by atoms with van der Waals surface area (Å²) in [7, 11) is 1.81. The summed E-state index contributed by atoms with van der Waals surface area (Å²) in [6, 6.07) is 6.95. The number of carbonyl (C=O) groups is 1. The van der Waals surface area contributed by atoms with Gasteiger partial charge in [-0.1, -0.05) is 6.07 Å². The van der Waals surface area contributed by atoms with Crippen LogP contribution in [0.3, 0.4) is 0 Å². The van der Waals surface area contributed by atoms with Crippen molar-refractivity contribution in [2.45, 2.75) is 6.92 Å². The van der Waals surface area contributed by atoms with Crippen molar-refractivity contribution < 1.29 is 9.72 Å². The number of nitrogens with zero attached hydrogens (tertiary/aromatic N) is 4. The van der Waals surface area contributed by atoms with Gasteiger partial charge < -0.3 is 10.6 Å². The van der Waals surface area contributed by atoms with E-state index in [4.69, 9.17) is 0 Å². The van der Waals surface area contributed by atoms with Crippen molar-refractivity contribution in [2.75, 3.05) is 10.6 Å². The molecule has 0 unspecified atom stereocenters. The molecule has 25 heavy (non-hydrogen) atoms. The smallest absolute Gasteiger partial charge is 0.322 e. The van der Waals surface area contributed by atoms with Gasteiger partial charge in [0, 0.05) is 24.6 Å². The molecule has 10 heteroatoms. The fourth-order valence-electron chi connectivity index (χ4n) is 2.32. The van der Waals surface area contributed by atoms with Crippen LogP contribution in [0.25, 0.3) is 0 Å². The molecular formula is C15H15N7O3. The van der Waals surface area contributed by atoms with Crippen LogP contribution in [-0.4, -0.2) is 30.8 Å². The number of amides is 1. The number of aromatic amines is 1. The second kappa shape index (κ2) is 6.43. The first-order chi connectivity index (χ1) is 11.9. The molecule has 2 heterocycles. The van der Waals surface area contributed by atoms with Crippen LogP contribution in [0.15, 0.2) is 36.7 Å². The third kappa shape index (κ3) is 3.47. The van der Waals surface area contributed by atoms with Gasteiger partial charge in [0.1, 0.15) is 5.69 Å². The molecule has 1 aromatic carbocycles. The lowest BCUT2D eigenvalue weighted by Crippen LogP contribution is -2.14. The lowest BCUT2D eigenvalue weighted by atomic mass is 10.2. The fraction of sp³-hybridized carbons (Fsp3) is 0.133. The van der Waals surface area contributed by atoms with E-state index in [-0.39, 0.29) is 17.1 Å². The number of benzene rings is 1. The lowest BCUT2D eigenvalue weighted by molar-refractivity contribution is -0.385. The topological polar surface area (TPSA) is 131 Å². The molecular weight excluding hydrogens is 326 g/mol. The van der Waals surface area contributed by atoms with E-state index in [0.717, 1.165) is 11.4 Å². The van der Waals surface area contributed by atoms with Crippen molar-refractivity contribution in [3.05, 3.63) is 58.2 Å². The van der Waals surface area contributed by atoms with Crippen LogP contribution in [0.2, 0.25) is 0 Å². The van der Waals surface area contributed by atoms with E-state index in [1.54, 1.807) is 42.3 Å². The molecule has 0 aliphatic heterocycles. The number of anilines is 3. The number of aryl methyl sites for hydroxylation is 2. The first kappa shape index (κ1) is 16.2. The van der Waals surface area contributed by atoms with Crippen LogP contribution in [0.5, 0.6) is 0 Å². The first-order valence-electron chi connectivity index (χ1n) is 7.30. The third-order valence-corrected chi connectivity index (χ3v) is 3.43. The predicted octanol–water partition coefficient (Wildman–Crippen LogP) is 2.36. The summed E-state index contributed by atoms with van der Waals surface area (Å²) in [5.74, 6) is -0.658. The van der Waals surface area contributed by atoms with Gasteiger partial charge in [0.25, 0.3) is 5.91 Å². The molecule has 3 aromatic rings. The maximum atomic E-state index is 12.3. The normalized spacial score (nSPS) is 10.5. The number of hydrogen-bond donors (Lipinski definition) is 3. The SMILES string of the molecule is Cc1[nH]nc(C(=O)Nc2cccc(Nc3cnn(C)c3)c2)c1[N+](=O)[O-]. The van der Waals surface area contributed by atoms with E-state index >= 15 is 0 Å². The van der Waals surface area contributed by atoms with Gasteiger partial charge in [-0.3, -0.25) is 24.7 Å². The first-order valence-corrected chi connectivity index (χ1v) is 7.30. The standard InChI is InChI=1S/C15H15N7O3/c1-9-14(22(24)25)13(20-19-9)15(23)18-11-5-3-4-10(6-11)17-12-7-16-21(2)8-12/h3-8,17H,1-2H3,(H,18,23)(H,19,20). The second-order valence-corrected chi connectivity index (χ2v) is 5.37. The maximum Gasteiger partial charge on any atom is 0.322 e. The van der Waals surface area contributed by atoms with Crippen LogP contribution in [0.1, 0.15) is 16.2 Å². The molecule has 0 saturated carbocycles. The number of H-pyrrole nitrogens is 1. The van der Waals surface area contributed by atoms with Crippen LogP contribution >= 0.6 is 0 Å². The molecule has 10 nitrogen and oxygen atoms in total. The zero-order valence-electron chi connectivity index (χ0n) is 13.5. The van der Waals surface area contributed by atoms with E-state index in [0.29, 0.717) is 5.69 Å². The molecule has 0 aliphatic rings. The van der Waals surface area contributed by atoms with Gasteiger partial charge >= 0.3 is 5.69 Å². The van der Waals surface area contributed by atoms with Crippen LogP contribution < -0.4 is 10.6 Å². The minimum atomic E-state index is -0.658. The van der Waals surface area contributed by atoms with E-state index < -0.39 is 10.8 Å². The number of nitrogens with one attached hydrogen (secondary N) is 3. The molecule has 0 radical (unpaired) electrons. The van der Waals surface area contributed by atoms with Crippen LogP contribution in [0.4, 0.5) is 22.7 Å². The van der Waals surface area contributed by atoms with Gasteiger partial charge in [0.05, 0.1) is 16.8 Å². The summed E-state index contributed by atoms with van der Waals surface area (Å²) >= 11 is 0. The fourth-order valence-corrected chi connectivity index (χ4v) is 2.32. The highest BCUT2D eigenvalue weighted by Crippen LogP contribution is 2.23. The minimum absolute atomic E-state index is 0.224. The van der Waals surface area contributed by atoms with E-state index in [9.17, 15) is 14.9 Å². The lowest BCUT2D eigenvalue weighted by Gasteiger charge is -2.07. The summed E-state index contributed by atoms with van der Waals surface area (Å²) in [5.41, 5.74) is 1.65. The third-order valence-electron chi connectivity index (χ3n) is 3.43. The van der Waals surface area contributed by atoms with Crippen molar-refractivity contribution in [1.29, 1.82) is 0 Å². The van der Waals surface area contributed by atoms with E-state index in [1.807, 2.05) is 6.07 Å². The Labute approximate surface area is 142 Å². The van der Waals surface area contributed by atoms with E-state index in [2.05, 4.69) is 25.9 Å². The van der Waals surface area contributed by atoms with Crippen molar-refractivity contribution in [3.63, 3.8) is 0 Å². The van der Waals surface area contributed by atoms with Gasteiger partial charge in [0.15, 0.2) is 0 Å². The molecule has 3 rings (SSSR count). The van der Waals surface area contributed by atoms with Gasteiger partial charge in [-0.25, -0.2) is 0 Å². The summed E-state index contributed by atoms with van der Waals surface area (Å²) in [4.78, 5) is 22.7. The number of nitro groups is 1. The van der Waals surface area contributed by atoms with Crippen molar-refractivity contribution >= 4 is 28.7 Å². The Balaban J connectivity index is 1.78. The second-order valence-electron chi connectivity index (χ2n) is 5.37. The molecule has 0 atom stereocenters. The molecule has 0 fully saturated rings. The molecule has 0 spiro atoms. The number of aromatic nitrogens is 4. The summed E-state index contributed by atoms with van der Waals surface area (Å²) in [6.45, 7) is 1.49. The van der Waals surface area contributed by atoms with Crippen molar-refractivity contribution in [2.24, 2.45) is 7.05 Å². The zero-order chi connectivity index (χ0) is 18.0. The van der Waals surface area contributed by atoms with Crippen LogP contribution in [0, 0.1) is 17.0 Å². The molecule has 0 saturated heterocycles. The summed E-state index contributed by atoms with van der Waals surface area (Å²) < 4.78 is 1.66. The molecule has 128 valence electrons. The molecule has 3 N–H and O–H groups in total. The van der Waals surface area contributed by atoms with Gasteiger partial charge in [-0.05, 0) is 25.1 Å². The van der Waals surface area contributed by atoms with Gasteiger partial charge in [-0.15, -0.1) is 0 Å².